The molecule has 1 aromatic carbocycles. The number of carbonyl (C=O) groups excluding carboxylic acids is 2. The minimum absolute atomic E-state index is 0.0387. The lowest BCUT2D eigenvalue weighted by Gasteiger charge is -2.46. The molecule has 1 fully saturated rings. The number of nitrogens with zero attached hydrogens (tertiary/aromatic N) is 2. The highest BCUT2D eigenvalue weighted by atomic mass is 16.5. The van der Waals surface area contributed by atoms with Crippen LogP contribution < -0.4 is 0 Å². The van der Waals surface area contributed by atoms with Gasteiger partial charge >= 0.3 is 5.97 Å². The number of aromatic amines is 1. The van der Waals surface area contributed by atoms with Crippen LogP contribution in [0.2, 0.25) is 0 Å². The van der Waals surface area contributed by atoms with E-state index in [0.29, 0.717) is 19.4 Å². The summed E-state index contributed by atoms with van der Waals surface area (Å²) in [5.74, 6) is -1.17. The van der Waals surface area contributed by atoms with E-state index in [4.69, 9.17) is 4.74 Å². The number of Topliss-reactive ketones (excluding diaryl/α,β-unsaturated/α-hetero) is 1. The molecule has 2 unspecified atom stereocenters. The Labute approximate surface area is 162 Å². The summed E-state index contributed by atoms with van der Waals surface area (Å²) in [6.45, 7) is 0.623. The molecule has 2 aliphatic heterocycles. The molecule has 1 N–H and O–H groups in total. The Kier molecular flexibility index (Phi) is 4.02. The minimum Gasteiger partial charge on any atom is -0.468 e. The smallest absolute Gasteiger partial charge is 0.316 e. The zero-order valence-electron chi connectivity index (χ0n) is 15.6. The Morgan fingerprint density at radius 2 is 2.11 bits per heavy atom. The first kappa shape index (κ1) is 17.1. The van der Waals surface area contributed by atoms with E-state index in [1.54, 1.807) is 6.20 Å². The van der Waals surface area contributed by atoms with Crippen molar-refractivity contribution < 1.29 is 14.3 Å². The van der Waals surface area contributed by atoms with Crippen molar-refractivity contribution in [3.8, 4) is 0 Å². The second-order valence-corrected chi connectivity index (χ2v) is 7.55. The topological polar surface area (TPSA) is 75.3 Å². The Morgan fingerprint density at radius 3 is 2.89 bits per heavy atom. The number of piperidine rings is 1. The summed E-state index contributed by atoms with van der Waals surface area (Å²) >= 11 is 0. The van der Waals surface area contributed by atoms with E-state index < -0.39 is 11.9 Å². The van der Waals surface area contributed by atoms with Gasteiger partial charge in [0.2, 0.25) is 0 Å². The SMILES string of the molecule is COC(=O)C1C[C@H]2c3[nH]c4ccccc4c3CC(C1=O)N2Cc1cccnc1. The molecule has 2 aliphatic rings. The van der Waals surface area contributed by atoms with Crippen molar-refractivity contribution in [2.75, 3.05) is 7.11 Å². The number of hydrogen-bond acceptors (Lipinski definition) is 5. The van der Waals surface area contributed by atoms with Gasteiger partial charge in [0, 0.05) is 35.5 Å². The fourth-order valence-electron chi connectivity index (χ4n) is 4.79. The van der Waals surface area contributed by atoms with Crippen LogP contribution in [0.15, 0.2) is 48.8 Å². The fraction of sp³-hybridized carbons (Fsp3) is 0.318. The number of hydrogen-bond donors (Lipinski definition) is 1. The van der Waals surface area contributed by atoms with Crippen molar-refractivity contribution in [1.29, 1.82) is 0 Å². The third kappa shape index (κ3) is 2.56. The molecule has 0 amide bonds. The van der Waals surface area contributed by atoms with Crippen molar-refractivity contribution in [3.05, 3.63) is 65.6 Å². The number of aromatic nitrogens is 2. The number of ether oxygens (including phenoxy) is 1. The van der Waals surface area contributed by atoms with Gasteiger partial charge < -0.3 is 9.72 Å². The number of H-pyrrole nitrogens is 1. The first-order valence-electron chi connectivity index (χ1n) is 9.53. The molecule has 3 atom stereocenters. The molecule has 0 aliphatic carbocycles. The molecule has 2 bridgehead atoms. The Bertz CT molecular complexity index is 1060. The summed E-state index contributed by atoms with van der Waals surface area (Å²) in [6, 6.07) is 11.7. The summed E-state index contributed by atoms with van der Waals surface area (Å²) in [4.78, 5) is 35.5. The van der Waals surface area contributed by atoms with E-state index >= 15 is 0 Å². The molecule has 0 spiro atoms. The number of fused-ring (bicyclic) bond motifs is 6. The zero-order chi connectivity index (χ0) is 19.3. The number of methoxy groups -OCH3 is 1. The van der Waals surface area contributed by atoms with Crippen molar-refractivity contribution in [2.24, 2.45) is 5.92 Å². The van der Waals surface area contributed by atoms with Gasteiger partial charge in [-0.3, -0.25) is 19.5 Å². The van der Waals surface area contributed by atoms with Crippen LogP contribution in [-0.2, 0) is 27.3 Å². The molecule has 28 heavy (non-hydrogen) atoms. The number of pyridine rings is 1. The summed E-state index contributed by atoms with van der Waals surface area (Å²) in [5, 5.41) is 1.16. The maximum absolute atomic E-state index is 13.2. The summed E-state index contributed by atoms with van der Waals surface area (Å²) in [6.07, 6.45) is 4.61. The van der Waals surface area contributed by atoms with Crippen molar-refractivity contribution in [2.45, 2.75) is 31.5 Å². The number of carbonyl (C=O) groups is 2. The van der Waals surface area contributed by atoms with Gasteiger partial charge in [-0.2, -0.15) is 0 Å². The molecule has 6 heteroatoms. The number of nitrogens with one attached hydrogen (secondary N) is 1. The third-order valence-electron chi connectivity index (χ3n) is 6.08. The monoisotopic (exact) mass is 375 g/mol. The van der Waals surface area contributed by atoms with E-state index in [0.717, 1.165) is 22.2 Å². The first-order chi connectivity index (χ1) is 13.7. The van der Waals surface area contributed by atoms with Gasteiger partial charge in [0.1, 0.15) is 5.92 Å². The maximum Gasteiger partial charge on any atom is 0.316 e. The van der Waals surface area contributed by atoms with E-state index in [9.17, 15) is 9.59 Å². The highest BCUT2D eigenvalue weighted by Gasteiger charge is 2.50. The average molecular weight is 375 g/mol. The van der Waals surface area contributed by atoms with E-state index in [1.807, 2.05) is 30.5 Å². The molecule has 0 radical (unpaired) electrons. The van der Waals surface area contributed by atoms with Gasteiger partial charge in [-0.25, -0.2) is 0 Å². The molecule has 4 heterocycles. The molecule has 1 saturated heterocycles. The lowest BCUT2D eigenvalue weighted by molar-refractivity contribution is -0.156. The molecule has 142 valence electrons. The molecule has 6 nitrogen and oxygen atoms in total. The van der Waals surface area contributed by atoms with Crippen LogP contribution in [-0.4, -0.2) is 39.8 Å². The fourth-order valence-corrected chi connectivity index (χ4v) is 4.79. The van der Waals surface area contributed by atoms with E-state index in [1.165, 1.54) is 12.7 Å². The second kappa shape index (κ2) is 6.56. The number of rotatable bonds is 3. The molecular formula is C22H21N3O3. The Balaban J connectivity index is 1.61. The van der Waals surface area contributed by atoms with Crippen LogP contribution in [0.25, 0.3) is 10.9 Å². The van der Waals surface area contributed by atoms with Crippen LogP contribution in [0.1, 0.15) is 29.3 Å². The van der Waals surface area contributed by atoms with E-state index in [-0.39, 0.29) is 17.9 Å². The van der Waals surface area contributed by atoms with E-state index in [2.05, 4.69) is 27.0 Å². The summed E-state index contributed by atoms with van der Waals surface area (Å²) in [5.41, 5.74) is 4.44. The summed E-state index contributed by atoms with van der Waals surface area (Å²) in [7, 11) is 1.35. The largest absolute Gasteiger partial charge is 0.468 e. The minimum atomic E-state index is -0.704. The van der Waals surface area contributed by atoms with Gasteiger partial charge in [0.05, 0.1) is 19.2 Å². The number of esters is 1. The Morgan fingerprint density at radius 1 is 1.25 bits per heavy atom. The molecule has 2 aromatic heterocycles. The van der Waals surface area contributed by atoms with Crippen molar-refractivity contribution >= 4 is 22.7 Å². The van der Waals surface area contributed by atoms with Crippen LogP contribution in [0.3, 0.4) is 0 Å². The highest BCUT2D eigenvalue weighted by Crippen LogP contribution is 2.45. The Hall–Kier alpha value is -2.99. The van der Waals surface area contributed by atoms with Gasteiger partial charge in [-0.15, -0.1) is 0 Å². The van der Waals surface area contributed by atoms with Crippen LogP contribution >= 0.6 is 0 Å². The average Bonchev–Trinajstić information content (AvgIpc) is 3.09. The number of benzene rings is 1. The molecule has 5 rings (SSSR count). The predicted octanol–water partition coefficient (Wildman–Crippen LogP) is 2.79. The second-order valence-electron chi connectivity index (χ2n) is 7.55. The quantitative estimate of drug-likeness (QED) is 0.563. The predicted molar refractivity (Wildman–Crippen MR) is 103 cm³/mol. The van der Waals surface area contributed by atoms with Gasteiger partial charge in [-0.1, -0.05) is 24.3 Å². The first-order valence-corrected chi connectivity index (χ1v) is 9.53. The van der Waals surface area contributed by atoms with Crippen LogP contribution in [0.4, 0.5) is 0 Å². The van der Waals surface area contributed by atoms with Gasteiger partial charge in [0.15, 0.2) is 5.78 Å². The molecule has 3 aromatic rings. The molecule has 0 saturated carbocycles. The lowest BCUT2D eigenvalue weighted by Crippen LogP contribution is -2.56. The van der Waals surface area contributed by atoms with Gasteiger partial charge in [0.25, 0.3) is 0 Å². The maximum atomic E-state index is 13.2. The van der Waals surface area contributed by atoms with Crippen molar-refractivity contribution in [1.82, 2.24) is 14.9 Å². The highest BCUT2D eigenvalue weighted by molar-refractivity contribution is 6.03. The zero-order valence-corrected chi connectivity index (χ0v) is 15.6. The lowest BCUT2D eigenvalue weighted by atomic mass is 9.76. The standard InChI is InChI=1S/C22H21N3O3/c1-28-22(27)16-10-18-20-15(14-6-2-3-7-17(14)24-20)9-19(21(16)26)25(18)12-13-5-4-8-23-11-13/h2-8,11,16,18-19,24H,9-10,12H2,1H3/t16?,18-,19?/m0/s1. The third-order valence-corrected chi connectivity index (χ3v) is 6.08. The van der Waals surface area contributed by atoms with Gasteiger partial charge in [-0.05, 0) is 36.1 Å². The number of ketones is 1. The number of para-hydroxylation sites is 1. The molecular weight excluding hydrogens is 354 g/mol. The summed E-state index contributed by atoms with van der Waals surface area (Å²) < 4.78 is 4.93. The van der Waals surface area contributed by atoms with Crippen molar-refractivity contribution in [3.63, 3.8) is 0 Å². The normalized spacial score (nSPS) is 24.2. The van der Waals surface area contributed by atoms with Crippen LogP contribution in [0.5, 0.6) is 0 Å². The van der Waals surface area contributed by atoms with Crippen LogP contribution in [0, 0.1) is 5.92 Å².